The van der Waals surface area contributed by atoms with Crippen molar-refractivity contribution in [3.63, 3.8) is 0 Å². The van der Waals surface area contributed by atoms with Gasteiger partial charge < -0.3 is 5.11 Å². The fraction of sp³-hybridized carbons (Fsp3) is 0.278. The van der Waals surface area contributed by atoms with Gasteiger partial charge >= 0.3 is 0 Å². The van der Waals surface area contributed by atoms with Crippen LogP contribution in [0.3, 0.4) is 0 Å². The maximum Gasteiger partial charge on any atom is 0.141 e. The average Bonchev–Trinajstić information content (AvgIpc) is 2.89. The average molecular weight is 314 g/mol. The Kier molecular flexibility index (Phi) is 4.37. The van der Waals surface area contributed by atoms with E-state index < -0.39 is 11.9 Å². The number of likely N-dealkylation sites (tertiary alicyclic amines) is 1. The van der Waals surface area contributed by atoms with Gasteiger partial charge in [-0.2, -0.15) is 5.26 Å². The number of nitriles is 1. The van der Waals surface area contributed by atoms with Crippen LogP contribution in [0.25, 0.3) is 0 Å². The molecule has 118 valence electrons. The molecule has 1 heterocycles. The summed E-state index contributed by atoms with van der Waals surface area (Å²) in [5, 5.41) is 18.7. The summed E-state index contributed by atoms with van der Waals surface area (Å²) in [5.41, 5.74) is 1.69. The maximum atomic E-state index is 13.7. The highest BCUT2D eigenvalue weighted by atomic mass is 19.1. The highest BCUT2D eigenvalue weighted by Crippen LogP contribution is 2.33. The zero-order chi connectivity index (χ0) is 16.4. The van der Waals surface area contributed by atoms with E-state index in [1.807, 2.05) is 4.90 Å². The molecular weight excluding hydrogens is 298 g/mol. The number of aliphatic hydroxyl groups is 1. The summed E-state index contributed by atoms with van der Waals surface area (Å²) in [7, 11) is 0. The molecular formula is C18H16F2N2O. The van der Waals surface area contributed by atoms with E-state index in [0.29, 0.717) is 19.5 Å². The van der Waals surface area contributed by atoms with Crippen LogP contribution in [-0.4, -0.2) is 22.7 Å². The highest BCUT2D eigenvalue weighted by molar-refractivity contribution is 5.33. The van der Waals surface area contributed by atoms with Gasteiger partial charge in [0.15, 0.2) is 0 Å². The summed E-state index contributed by atoms with van der Waals surface area (Å²) >= 11 is 0. The lowest BCUT2D eigenvalue weighted by molar-refractivity contribution is 0.172. The van der Waals surface area contributed by atoms with Crippen LogP contribution in [-0.2, 0) is 6.54 Å². The second-order valence-electron chi connectivity index (χ2n) is 5.81. The SMILES string of the molecule is N#Cc1ccc(CN2CC(O)CC2c2ccc(F)cc2)cc1F. The highest BCUT2D eigenvalue weighted by Gasteiger charge is 2.32. The molecule has 1 N–H and O–H groups in total. The van der Waals surface area contributed by atoms with Crippen molar-refractivity contribution in [2.24, 2.45) is 0 Å². The Morgan fingerprint density at radius 2 is 1.91 bits per heavy atom. The molecule has 3 rings (SSSR count). The van der Waals surface area contributed by atoms with Crippen LogP contribution >= 0.6 is 0 Å². The number of rotatable bonds is 3. The normalized spacial score (nSPS) is 21.3. The summed E-state index contributed by atoms with van der Waals surface area (Å²) in [4.78, 5) is 2.04. The van der Waals surface area contributed by atoms with Crippen LogP contribution in [0.15, 0.2) is 42.5 Å². The fourth-order valence-corrected chi connectivity index (χ4v) is 3.07. The van der Waals surface area contributed by atoms with Gasteiger partial charge in [0, 0.05) is 19.1 Å². The van der Waals surface area contributed by atoms with E-state index in [1.54, 1.807) is 24.3 Å². The van der Waals surface area contributed by atoms with Crippen LogP contribution in [0.4, 0.5) is 8.78 Å². The summed E-state index contributed by atoms with van der Waals surface area (Å²) in [6, 6.07) is 12.5. The maximum absolute atomic E-state index is 13.7. The third-order valence-electron chi connectivity index (χ3n) is 4.18. The van der Waals surface area contributed by atoms with Gasteiger partial charge in [-0.05, 0) is 41.8 Å². The number of nitrogens with zero attached hydrogens (tertiary/aromatic N) is 2. The second kappa shape index (κ2) is 6.45. The van der Waals surface area contributed by atoms with Crippen molar-refractivity contribution in [3.05, 3.63) is 70.8 Å². The van der Waals surface area contributed by atoms with Crippen molar-refractivity contribution in [3.8, 4) is 6.07 Å². The molecule has 0 aromatic heterocycles. The lowest BCUT2D eigenvalue weighted by Gasteiger charge is -2.24. The molecule has 0 saturated carbocycles. The minimum atomic E-state index is -0.539. The Labute approximate surface area is 133 Å². The zero-order valence-electron chi connectivity index (χ0n) is 12.4. The Hall–Kier alpha value is -2.29. The summed E-state index contributed by atoms with van der Waals surface area (Å²) in [6.45, 7) is 0.936. The zero-order valence-corrected chi connectivity index (χ0v) is 12.4. The minimum Gasteiger partial charge on any atom is -0.392 e. The van der Waals surface area contributed by atoms with Crippen LogP contribution in [0.2, 0.25) is 0 Å². The molecule has 0 bridgehead atoms. The molecule has 0 aliphatic carbocycles. The van der Waals surface area contributed by atoms with E-state index in [1.165, 1.54) is 24.3 Å². The molecule has 1 saturated heterocycles. The van der Waals surface area contributed by atoms with Crippen LogP contribution in [0.5, 0.6) is 0 Å². The first-order valence-electron chi connectivity index (χ1n) is 7.43. The topological polar surface area (TPSA) is 47.3 Å². The van der Waals surface area contributed by atoms with Gasteiger partial charge in [0.25, 0.3) is 0 Å². The van der Waals surface area contributed by atoms with Gasteiger partial charge in [-0.1, -0.05) is 18.2 Å². The second-order valence-corrected chi connectivity index (χ2v) is 5.81. The number of aliphatic hydroxyl groups excluding tert-OH is 1. The lowest BCUT2D eigenvalue weighted by atomic mass is 10.0. The van der Waals surface area contributed by atoms with Gasteiger partial charge in [-0.25, -0.2) is 8.78 Å². The molecule has 0 amide bonds. The molecule has 2 unspecified atom stereocenters. The van der Waals surface area contributed by atoms with Gasteiger partial charge in [-0.3, -0.25) is 4.90 Å². The van der Waals surface area contributed by atoms with Gasteiger partial charge in [0.05, 0.1) is 11.7 Å². The van der Waals surface area contributed by atoms with Crippen molar-refractivity contribution in [2.75, 3.05) is 6.54 Å². The van der Waals surface area contributed by atoms with Crippen molar-refractivity contribution < 1.29 is 13.9 Å². The molecule has 2 atom stereocenters. The van der Waals surface area contributed by atoms with E-state index in [-0.39, 0.29) is 17.4 Å². The first-order chi connectivity index (χ1) is 11.1. The van der Waals surface area contributed by atoms with Crippen LogP contribution in [0, 0.1) is 23.0 Å². The van der Waals surface area contributed by atoms with Crippen molar-refractivity contribution in [2.45, 2.75) is 25.1 Å². The number of hydrogen-bond donors (Lipinski definition) is 1. The molecule has 2 aromatic rings. The third kappa shape index (κ3) is 3.39. The Morgan fingerprint density at radius 1 is 1.17 bits per heavy atom. The summed E-state index contributed by atoms with van der Waals surface area (Å²) in [5.74, 6) is -0.837. The van der Waals surface area contributed by atoms with E-state index in [4.69, 9.17) is 5.26 Å². The largest absolute Gasteiger partial charge is 0.392 e. The standard InChI is InChI=1S/C18H16F2N2O/c19-15-5-3-13(4-6-15)18-8-16(23)11-22(18)10-12-1-2-14(9-21)17(20)7-12/h1-7,16,18,23H,8,10-11H2. The van der Waals surface area contributed by atoms with Crippen LogP contribution in [0.1, 0.15) is 29.2 Å². The van der Waals surface area contributed by atoms with Gasteiger partial charge in [-0.15, -0.1) is 0 Å². The number of β-amino-alcohol motifs (C(OH)–C–C–N with tert-alkyl or cyclic N) is 1. The summed E-state index contributed by atoms with van der Waals surface area (Å²) in [6.07, 6.45) is 0.0954. The molecule has 5 heteroatoms. The van der Waals surface area contributed by atoms with Crippen molar-refractivity contribution in [1.29, 1.82) is 5.26 Å². The van der Waals surface area contributed by atoms with E-state index in [0.717, 1.165) is 11.1 Å². The van der Waals surface area contributed by atoms with Crippen LogP contribution < -0.4 is 0 Å². The minimum absolute atomic E-state index is 0.0188. The Morgan fingerprint density at radius 3 is 2.57 bits per heavy atom. The molecule has 1 aliphatic rings. The molecule has 0 radical (unpaired) electrons. The summed E-state index contributed by atoms with van der Waals surface area (Å²) < 4.78 is 26.8. The van der Waals surface area contributed by atoms with E-state index >= 15 is 0 Å². The molecule has 0 spiro atoms. The Balaban J connectivity index is 1.81. The first-order valence-corrected chi connectivity index (χ1v) is 7.43. The van der Waals surface area contributed by atoms with Crippen molar-refractivity contribution >= 4 is 0 Å². The molecule has 1 aliphatic heterocycles. The number of halogens is 2. The van der Waals surface area contributed by atoms with Gasteiger partial charge in [0.1, 0.15) is 17.7 Å². The fourth-order valence-electron chi connectivity index (χ4n) is 3.07. The van der Waals surface area contributed by atoms with E-state index in [9.17, 15) is 13.9 Å². The number of benzene rings is 2. The lowest BCUT2D eigenvalue weighted by Crippen LogP contribution is -2.24. The molecule has 2 aromatic carbocycles. The Bertz CT molecular complexity index is 740. The monoisotopic (exact) mass is 314 g/mol. The quantitative estimate of drug-likeness (QED) is 0.947. The molecule has 3 nitrogen and oxygen atoms in total. The predicted octanol–water partition coefficient (Wildman–Crippen LogP) is 3.14. The molecule has 23 heavy (non-hydrogen) atoms. The van der Waals surface area contributed by atoms with E-state index in [2.05, 4.69) is 0 Å². The first kappa shape index (κ1) is 15.6. The molecule has 1 fully saturated rings. The smallest absolute Gasteiger partial charge is 0.141 e. The van der Waals surface area contributed by atoms with Crippen molar-refractivity contribution in [1.82, 2.24) is 4.90 Å². The number of hydrogen-bond acceptors (Lipinski definition) is 3. The predicted molar refractivity (Wildman–Crippen MR) is 81.3 cm³/mol. The third-order valence-corrected chi connectivity index (χ3v) is 4.18. The van der Waals surface area contributed by atoms with Gasteiger partial charge in [0.2, 0.25) is 0 Å².